The number of nitrogens with zero attached hydrogens (tertiary/aromatic N) is 4. The number of benzene rings is 2. The molecule has 0 unspecified atom stereocenters. The van der Waals surface area contributed by atoms with Crippen molar-refractivity contribution in [3.63, 3.8) is 0 Å². The number of anilines is 1. The first-order valence-electron chi connectivity index (χ1n) is 7.55. The molecule has 0 amide bonds. The minimum absolute atomic E-state index is 0.580. The summed E-state index contributed by atoms with van der Waals surface area (Å²) in [6.07, 6.45) is 0. The number of hydrogen-bond acceptors (Lipinski definition) is 4. The molecule has 1 aliphatic heterocycles. The number of nitriles is 2. The number of fused-ring (bicyclic) bond motifs is 1. The maximum absolute atomic E-state index is 9.23. The average molecular weight is 300 g/mol. The van der Waals surface area contributed by atoms with E-state index < -0.39 is 5.92 Å². The molecule has 2 aromatic rings. The van der Waals surface area contributed by atoms with Crippen molar-refractivity contribution in [1.82, 2.24) is 0 Å². The van der Waals surface area contributed by atoms with Gasteiger partial charge in [0, 0.05) is 24.3 Å². The fourth-order valence-electron chi connectivity index (χ4n) is 2.83. The lowest BCUT2D eigenvalue weighted by atomic mass is 9.97. The summed E-state index contributed by atoms with van der Waals surface area (Å²) in [5.41, 5.74) is 3.72. The lowest BCUT2D eigenvalue weighted by Gasteiger charge is -2.25. The first-order valence-corrected chi connectivity index (χ1v) is 7.55. The normalized spacial score (nSPS) is 13.5. The standard InChI is InChI=1S/C19H16N4/c20-12-16(13-21)19-17-8-4-5-9-18(17)23(11-10-22-19)14-15-6-2-1-3-7-15/h1-9,16H,10-11,14H2. The molecule has 4 heteroatoms. The molecule has 3 rings (SSSR count). The Hall–Kier alpha value is -3.11. The Kier molecular flexibility index (Phi) is 4.36. The van der Waals surface area contributed by atoms with Gasteiger partial charge in [-0.1, -0.05) is 48.5 Å². The largest absolute Gasteiger partial charge is 0.365 e. The zero-order valence-electron chi connectivity index (χ0n) is 12.7. The Bertz CT molecular complexity index is 782. The minimum atomic E-state index is -0.826. The molecule has 0 N–H and O–H groups in total. The zero-order chi connectivity index (χ0) is 16.1. The van der Waals surface area contributed by atoms with Gasteiger partial charge in [0.15, 0.2) is 5.92 Å². The van der Waals surface area contributed by atoms with Crippen molar-refractivity contribution in [2.75, 3.05) is 18.0 Å². The van der Waals surface area contributed by atoms with Gasteiger partial charge in [-0.15, -0.1) is 0 Å². The van der Waals surface area contributed by atoms with E-state index in [9.17, 15) is 10.5 Å². The molecule has 4 nitrogen and oxygen atoms in total. The summed E-state index contributed by atoms with van der Waals surface area (Å²) >= 11 is 0. The van der Waals surface area contributed by atoms with Crippen LogP contribution in [0.5, 0.6) is 0 Å². The van der Waals surface area contributed by atoms with Crippen molar-refractivity contribution < 1.29 is 0 Å². The van der Waals surface area contributed by atoms with Crippen molar-refractivity contribution >= 4 is 11.4 Å². The van der Waals surface area contributed by atoms with Gasteiger partial charge in [-0.2, -0.15) is 10.5 Å². The molecule has 0 atom stereocenters. The number of benzodiazepines with no additional fused rings is 1. The van der Waals surface area contributed by atoms with Gasteiger partial charge in [0.25, 0.3) is 0 Å². The molecule has 1 heterocycles. The van der Waals surface area contributed by atoms with Gasteiger partial charge >= 0.3 is 0 Å². The lowest BCUT2D eigenvalue weighted by Crippen LogP contribution is -2.25. The smallest absolute Gasteiger partial charge is 0.175 e. The summed E-state index contributed by atoms with van der Waals surface area (Å²) < 4.78 is 0. The van der Waals surface area contributed by atoms with Crippen LogP contribution in [0.15, 0.2) is 59.6 Å². The summed E-state index contributed by atoms with van der Waals surface area (Å²) in [6.45, 7) is 2.13. The highest BCUT2D eigenvalue weighted by Crippen LogP contribution is 2.27. The molecule has 0 aromatic heterocycles. The molecule has 0 saturated heterocycles. The van der Waals surface area contributed by atoms with Gasteiger partial charge in [-0.05, 0) is 11.6 Å². The van der Waals surface area contributed by atoms with Crippen LogP contribution >= 0.6 is 0 Å². The third-order valence-corrected chi connectivity index (χ3v) is 3.92. The Balaban J connectivity index is 1.99. The van der Waals surface area contributed by atoms with Crippen LogP contribution < -0.4 is 4.90 Å². The molecule has 0 radical (unpaired) electrons. The van der Waals surface area contributed by atoms with Crippen LogP contribution in [-0.4, -0.2) is 18.8 Å². The van der Waals surface area contributed by atoms with Gasteiger partial charge in [-0.25, -0.2) is 0 Å². The van der Waals surface area contributed by atoms with Crippen LogP contribution in [0.1, 0.15) is 11.1 Å². The Morgan fingerprint density at radius 3 is 2.43 bits per heavy atom. The van der Waals surface area contributed by atoms with E-state index in [4.69, 9.17) is 0 Å². The monoisotopic (exact) mass is 300 g/mol. The first kappa shape index (κ1) is 14.8. The number of rotatable bonds is 3. The molecule has 0 bridgehead atoms. The van der Waals surface area contributed by atoms with E-state index in [-0.39, 0.29) is 0 Å². The highest BCUT2D eigenvalue weighted by Gasteiger charge is 2.24. The molecular formula is C19H16N4. The van der Waals surface area contributed by atoms with Crippen molar-refractivity contribution in [1.29, 1.82) is 10.5 Å². The Morgan fingerprint density at radius 2 is 1.70 bits per heavy atom. The van der Waals surface area contributed by atoms with E-state index in [1.807, 2.05) is 54.6 Å². The molecule has 2 aromatic carbocycles. The van der Waals surface area contributed by atoms with Crippen molar-refractivity contribution in [3.05, 3.63) is 65.7 Å². The molecule has 112 valence electrons. The van der Waals surface area contributed by atoms with Crippen LogP contribution in [0, 0.1) is 28.6 Å². The summed E-state index contributed by atoms with van der Waals surface area (Å²) in [7, 11) is 0. The molecule has 0 fully saturated rings. The second kappa shape index (κ2) is 6.77. The topological polar surface area (TPSA) is 63.2 Å². The van der Waals surface area contributed by atoms with E-state index in [1.165, 1.54) is 5.56 Å². The predicted octanol–water partition coefficient (Wildman–Crippen LogP) is 3.16. The third-order valence-electron chi connectivity index (χ3n) is 3.92. The van der Waals surface area contributed by atoms with E-state index in [0.29, 0.717) is 12.3 Å². The summed E-state index contributed by atoms with van der Waals surface area (Å²) in [6, 6.07) is 22.2. The quantitative estimate of drug-likeness (QED) is 0.874. The van der Waals surface area contributed by atoms with Crippen LogP contribution in [0.4, 0.5) is 5.69 Å². The fourth-order valence-corrected chi connectivity index (χ4v) is 2.83. The average Bonchev–Trinajstić information content (AvgIpc) is 2.78. The SMILES string of the molecule is N#CC(C#N)C1=NCCN(Cc2ccccc2)c2ccccc21. The molecular weight excluding hydrogens is 284 g/mol. The van der Waals surface area contributed by atoms with Gasteiger partial charge in [-0.3, -0.25) is 4.99 Å². The van der Waals surface area contributed by atoms with Gasteiger partial charge in [0.05, 0.1) is 24.4 Å². The Morgan fingerprint density at radius 1 is 1.00 bits per heavy atom. The highest BCUT2D eigenvalue weighted by atomic mass is 15.1. The minimum Gasteiger partial charge on any atom is -0.365 e. The maximum atomic E-state index is 9.23. The number of hydrogen-bond donors (Lipinski definition) is 0. The number of aliphatic imine (C=N–C) groups is 1. The first-order chi connectivity index (χ1) is 11.3. The van der Waals surface area contributed by atoms with Gasteiger partial charge < -0.3 is 4.90 Å². The Labute approximate surface area is 135 Å². The third kappa shape index (κ3) is 3.07. The maximum Gasteiger partial charge on any atom is 0.175 e. The van der Waals surface area contributed by atoms with E-state index in [1.54, 1.807) is 0 Å². The summed E-state index contributed by atoms with van der Waals surface area (Å²) in [4.78, 5) is 6.79. The molecule has 0 spiro atoms. The summed E-state index contributed by atoms with van der Waals surface area (Å²) in [5.74, 6) is -0.826. The fraction of sp³-hybridized carbons (Fsp3) is 0.211. The van der Waals surface area contributed by atoms with Crippen molar-refractivity contribution in [2.45, 2.75) is 6.54 Å². The van der Waals surface area contributed by atoms with Gasteiger partial charge in [0.1, 0.15) is 0 Å². The predicted molar refractivity (Wildman–Crippen MR) is 90.1 cm³/mol. The van der Waals surface area contributed by atoms with E-state index in [0.717, 1.165) is 24.3 Å². The molecule has 0 saturated carbocycles. The zero-order valence-corrected chi connectivity index (χ0v) is 12.7. The van der Waals surface area contributed by atoms with Crippen LogP contribution in [0.25, 0.3) is 0 Å². The van der Waals surface area contributed by atoms with Crippen LogP contribution in [0.2, 0.25) is 0 Å². The van der Waals surface area contributed by atoms with Crippen LogP contribution in [-0.2, 0) is 6.54 Å². The van der Waals surface area contributed by atoms with Crippen molar-refractivity contribution in [2.24, 2.45) is 10.9 Å². The summed E-state index contributed by atoms with van der Waals surface area (Å²) in [5, 5.41) is 18.5. The highest BCUT2D eigenvalue weighted by molar-refractivity contribution is 6.09. The molecule has 23 heavy (non-hydrogen) atoms. The van der Waals surface area contributed by atoms with E-state index >= 15 is 0 Å². The molecule has 0 aliphatic carbocycles. The van der Waals surface area contributed by atoms with E-state index in [2.05, 4.69) is 22.0 Å². The second-order valence-electron chi connectivity index (χ2n) is 5.38. The molecule has 1 aliphatic rings. The second-order valence-corrected chi connectivity index (χ2v) is 5.38. The van der Waals surface area contributed by atoms with Crippen molar-refractivity contribution in [3.8, 4) is 12.1 Å². The van der Waals surface area contributed by atoms with Crippen LogP contribution in [0.3, 0.4) is 0 Å². The van der Waals surface area contributed by atoms with Gasteiger partial charge in [0.2, 0.25) is 0 Å². The number of para-hydroxylation sites is 1. The lowest BCUT2D eigenvalue weighted by molar-refractivity contribution is 0.796.